The summed E-state index contributed by atoms with van der Waals surface area (Å²) in [6, 6.07) is 0. The van der Waals surface area contributed by atoms with E-state index in [-0.39, 0.29) is 31.1 Å². The summed E-state index contributed by atoms with van der Waals surface area (Å²) in [6.45, 7) is 6.51. The van der Waals surface area contributed by atoms with E-state index < -0.39 is 6.10 Å². The highest BCUT2D eigenvalue weighted by Gasteiger charge is 2.19. The average molecular weight is 1140 g/mol. The maximum absolute atomic E-state index is 12.9. The molecule has 0 fully saturated rings. The van der Waals surface area contributed by atoms with Crippen LogP contribution in [0, 0.1) is 0 Å². The van der Waals surface area contributed by atoms with Gasteiger partial charge in [-0.2, -0.15) is 0 Å². The van der Waals surface area contributed by atoms with Gasteiger partial charge in [-0.05, 0) is 83.5 Å². The molecule has 0 saturated carbocycles. The van der Waals surface area contributed by atoms with Gasteiger partial charge in [0.2, 0.25) is 0 Å². The van der Waals surface area contributed by atoms with Crippen LogP contribution >= 0.6 is 0 Å². The maximum atomic E-state index is 12.9. The van der Waals surface area contributed by atoms with E-state index in [0.29, 0.717) is 19.3 Å². The molecule has 6 heteroatoms. The summed E-state index contributed by atoms with van der Waals surface area (Å²) in [5.41, 5.74) is 0. The maximum Gasteiger partial charge on any atom is 0.306 e. The first-order valence-electron chi connectivity index (χ1n) is 35.2. The quantitative estimate of drug-likeness (QED) is 0.0261. The molecule has 1 unspecified atom stereocenters. The van der Waals surface area contributed by atoms with Gasteiger partial charge in [0, 0.05) is 19.3 Å². The van der Waals surface area contributed by atoms with E-state index in [1.165, 1.54) is 186 Å². The third-order valence-electron chi connectivity index (χ3n) is 15.4. The lowest BCUT2D eigenvalue weighted by molar-refractivity contribution is -0.167. The van der Waals surface area contributed by atoms with Gasteiger partial charge in [-0.15, -0.1) is 0 Å². The number of hydrogen-bond donors (Lipinski definition) is 0. The van der Waals surface area contributed by atoms with Crippen molar-refractivity contribution >= 4 is 17.9 Å². The fourth-order valence-electron chi connectivity index (χ4n) is 10.1. The molecule has 0 bridgehead atoms. The number of hydrogen-bond acceptors (Lipinski definition) is 6. The Morgan fingerprint density at radius 2 is 0.476 bits per heavy atom. The van der Waals surface area contributed by atoms with Crippen molar-refractivity contribution in [2.45, 2.75) is 354 Å². The van der Waals surface area contributed by atoms with Crippen LogP contribution in [0.1, 0.15) is 348 Å². The number of esters is 3. The summed E-state index contributed by atoms with van der Waals surface area (Å²) < 4.78 is 16.9. The van der Waals surface area contributed by atoms with Crippen LogP contribution in [-0.4, -0.2) is 37.2 Å². The predicted octanol–water partition coefficient (Wildman–Crippen LogP) is 24.4. The molecule has 0 aliphatic heterocycles. The molecule has 0 radical (unpaired) electrons. The molecule has 82 heavy (non-hydrogen) atoms. The molecule has 0 aromatic carbocycles. The van der Waals surface area contributed by atoms with Crippen LogP contribution in [0.2, 0.25) is 0 Å². The van der Waals surface area contributed by atoms with E-state index in [2.05, 4.69) is 118 Å². The Bertz CT molecular complexity index is 1590. The van der Waals surface area contributed by atoms with Gasteiger partial charge in [0.25, 0.3) is 0 Å². The Morgan fingerprint density at radius 3 is 0.744 bits per heavy atom. The summed E-state index contributed by atoms with van der Waals surface area (Å²) in [4.78, 5) is 38.2. The van der Waals surface area contributed by atoms with Gasteiger partial charge >= 0.3 is 17.9 Å². The first-order valence-corrected chi connectivity index (χ1v) is 35.2. The smallest absolute Gasteiger partial charge is 0.306 e. The van der Waals surface area contributed by atoms with Gasteiger partial charge in [-0.25, -0.2) is 0 Å². The number of allylic oxidation sites excluding steroid dienone is 16. The molecule has 1 atom stereocenters. The van der Waals surface area contributed by atoms with Crippen molar-refractivity contribution in [2.24, 2.45) is 0 Å². The highest BCUT2D eigenvalue weighted by molar-refractivity contribution is 5.71. The number of rotatable bonds is 64. The van der Waals surface area contributed by atoms with Crippen LogP contribution in [0.3, 0.4) is 0 Å². The van der Waals surface area contributed by atoms with Crippen LogP contribution in [-0.2, 0) is 28.6 Å². The first kappa shape index (κ1) is 78.3. The van der Waals surface area contributed by atoms with Gasteiger partial charge in [-0.3, -0.25) is 14.4 Å². The van der Waals surface area contributed by atoms with E-state index >= 15 is 0 Å². The normalized spacial score (nSPS) is 12.7. The molecule has 0 aromatic heterocycles. The van der Waals surface area contributed by atoms with E-state index in [0.717, 1.165) is 122 Å². The summed E-state index contributed by atoms with van der Waals surface area (Å²) >= 11 is 0. The van der Waals surface area contributed by atoms with Crippen molar-refractivity contribution in [2.75, 3.05) is 13.2 Å². The molecule has 6 nitrogen and oxygen atoms in total. The Morgan fingerprint density at radius 1 is 0.256 bits per heavy atom. The number of unbranched alkanes of at least 4 members (excludes halogenated alkanes) is 37. The lowest BCUT2D eigenvalue weighted by atomic mass is 10.0. The number of ether oxygens (including phenoxy) is 3. The van der Waals surface area contributed by atoms with Gasteiger partial charge in [0.1, 0.15) is 13.2 Å². The molecule has 472 valence electrons. The standard InChI is InChI=1S/C76H132O6/c1-4-7-10-13-16-18-20-22-24-26-28-30-32-34-36-37-38-39-40-42-43-45-47-49-51-53-55-57-60-63-66-69-75(78)81-72-73(71-80-74(77)68-65-62-59-15-12-9-6-3)82-76(79)70-67-64-61-58-56-54-52-50-48-46-44-41-35-33-31-29-27-25-23-21-19-17-14-11-8-5-2/h7,10,16,18,22,24,28,30,34,36,38-39,42-43,47,49,73H,4-6,8-9,11-15,17,19-21,23,25-27,29,31-33,35,37,40-41,44-46,48,50-72H2,1-3H3/b10-7-,18-16-,24-22-,30-28-,36-34-,39-38-,43-42-,49-47-. The second-order valence-electron chi connectivity index (χ2n) is 23.4. The van der Waals surface area contributed by atoms with Crippen LogP contribution in [0.15, 0.2) is 97.2 Å². The van der Waals surface area contributed by atoms with Gasteiger partial charge in [0.05, 0.1) is 0 Å². The molecular weight excluding hydrogens is 1010 g/mol. The van der Waals surface area contributed by atoms with Crippen LogP contribution in [0.4, 0.5) is 0 Å². The zero-order chi connectivity index (χ0) is 59.2. The zero-order valence-electron chi connectivity index (χ0n) is 54.2. The molecule has 0 rings (SSSR count). The van der Waals surface area contributed by atoms with Gasteiger partial charge in [-0.1, -0.05) is 343 Å². The largest absolute Gasteiger partial charge is 0.462 e. The first-order chi connectivity index (χ1) is 40.5. The molecule has 0 aromatic rings. The molecule has 0 spiro atoms. The van der Waals surface area contributed by atoms with E-state index in [9.17, 15) is 14.4 Å². The summed E-state index contributed by atoms with van der Waals surface area (Å²) in [6.07, 6.45) is 94.7. The number of carbonyl (C=O) groups is 3. The van der Waals surface area contributed by atoms with E-state index in [1.807, 2.05) is 0 Å². The molecule has 0 amide bonds. The lowest BCUT2D eigenvalue weighted by Crippen LogP contribution is -2.30. The summed E-state index contributed by atoms with van der Waals surface area (Å²) in [5.74, 6) is -0.885. The van der Waals surface area contributed by atoms with Crippen molar-refractivity contribution in [3.8, 4) is 0 Å². The fourth-order valence-corrected chi connectivity index (χ4v) is 10.1. The van der Waals surface area contributed by atoms with Gasteiger partial charge < -0.3 is 14.2 Å². The second-order valence-corrected chi connectivity index (χ2v) is 23.4. The Labute approximate surface area is 508 Å². The minimum Gasteiger partial charge on any atom is -0.462 e. The highest BCUT2D eigenvalue weighted by atomic mass is 16.6. The van der Waals surface area contributed by atoms with Crippen LogP contribution < -0.4 is 0 Å². The molecule has 0 heterocycles. The second kappa shape index (κ2) is 69.8. The van der Waals surface area contributed by atoms with E-state index in [1.54, 1.807) is 0 Å². The molecular formula is C76H132O6. The Kier molecular flexibility index (Phi) is 66.7. The topological polar surface area (TPSA) is 78.9 Å². The van der Waals surface area contributed by atoms with E-state index in [4.69, 9.17) is 14.2 Å². The summed E-state index contributed by atoms with van der Waals surface area (Å²) in [5, 5.41) is 0. The predicted molar refractivity (Wildman–Crippen MR) is 357 cm³/mol. The van der Waals surface area contributed by atoms with Crippen molar-refractivity contribution < 1.29 is 28.6 Å². The molecule has 0 aliphatic rings. The lowest BCUT2D eigenvalue weighted by Gasteiger charge is -2.18. The van der Waals surface area contributed by atoms with Crippen LogP contribution in [0.5, 0.6) is 0 Å². The Hall–Kier alpha value is -3.67. The van der Waals surface area contributed by atoms with Crippen LogP contribution in [0.25, 0.3) is 0 Å². The minimum absolute atomic E-state index is 0.0786. The zero-order valence-corrected chi connectivity index (χ0v) is 54.2. The van der Waals surface area contributed by atoms with Crippen molar-refractivity contribution in [3.63, 3.8) is 0 Å². The molecule has 0 saturated heterocycles. The average Bonchev–Trinajstić information content (AvgIpc) is 3.48. The fraction of sp³-hybridized carbons (Fsp3) is 0.750. The Balaban J connectivity index is 4.12. The molecule has 0 aliphatic carbocycles. The monoisotopic (exact) mass is 1140 g/mol. The molecule has 0 N–H and O–H groups in total. The highest BCUT2D eigenvalue weighted by Crippen LogP contribution is 2.18. The van der Waals surface area contributed by atoms with Crippen molar-refractivity contribution in [1.29, 1.82) is 0 Å². The van der Waals surface area contributed by atoms with Gasteiger partial charge in [0.15, 0.2) is 6.10 Å². The summed E-state index contributed by atoms with van der Waals surface area (Å²) in [7, 11) is 0. The minimum atomic E-state index is -0.781. The SMILES string of the molecule is CC/C=C\C/C=C\C/C=C\C/C=C\C/C=C\C/C=C\C/C=C\C/C=C\CCCCCCCCC(=O)OCC(COC(=O)CCCCCCCCC)OC(=O)CCCCCCCCCCCCCCCCCCCCCCCCCCCC. The third-order valence-corrected chi connectivity index (χ3v) is 15.4. The number of carbonyl (C=O) groups excluding carboxylic acids is 3. The van der Waals surface area contributed by atoms with Crippen molar-refractivity contribution in [1.82, 2.24) is 0 Å². The third kappa shape index (κ3) is 67.1. The van der Waals surface area contributed by atoms with Crippen molar-refractivity contribution in [3.05, 3.63) is 97.2 Å².